The van der Waals surface area contributed by atoms with Crippen LogP contribution in [0.4, 0.5) is 0 Å². The van der Waals surface area contributed by atoms with Crippen molar-refractivity contribution in [2.75, 3.05) is 13.2 Å². The number of nitrogens with two attached hydrogens (primary N) is 1. The first-order chi connectivity index (χ1) is 9.40. The highest BCUT2D eigenvalue weighted by Gasteiger charge is 2.04. The average molecular weight is 283 g/mol. The third kappa shape index (κ3) is 8.10. The molecule has 0 unspecified atom stereocenters. The lowest BCUT2D eigenvalue weighted by Crippen LogP contribution is -2.10. The van der Waals surface area contributed by atoms with E-state index in [4.69, 9.17) is 9.84 Å². The van der Waals surface area contributed by atoms with Crippen LogP contribution in [0, 0.1) is 0 Å². The Bertz CT molecular complexity index is 445. The number of carbonyl (C=O) groups excluding carboxylic acids is 1. The molecule has 6 nitrogen and oxygen atoms in total. The molecule has 1 aromatic carbocycles. The summed E-state index contributed by atoms with van der Waals surface area (Å²) < 4.78 is 5.25. The van der Waals surface area contributed by atoms with E-state index in [2.05, 4.69) is 5.73 Å². The van der Waals surface area contributed by atoms with Crippen molar-refractivity contribution in [1.29, 1.82) is 0 Å². The van der Waals surface area contributed by atoms with Crippen LogP contribution < -0.4 is 10.5 Å². The largest absolute Gasteiger partial charge is 0.504 e. The number of ketones is 1. The molecule has 6 heteroatoms. The van der Waals surface area contributed by atoms with Crippen molar-refractivity contribution in [2.24, 2.45) is 5.73 Å². The highest BCUT2D eigenvalue weighted by Crippen LogP contribution is 2.27. The number of aliphatic carboxylic acids is 1. The minimum atomic E-state index is -0.968. The lowest BCUT2D eigenvalue weighted by Gasteiger charge is -2.07. The number of benzene rings is 1. The first-order valence-electron chi connectivity index (χ1n) is 6.26. The van der Waals surface area contributed by atoms with Crippen molar-refractivity contribution in [1.82, 2.24) is 0 Å². The minimum Gasteiger partial charge on any atom is -0.504 e. The van der Waals surface area contributed by atoms with Crippen molar-refractivity contribution in [3.63, 3.8) is 0 Å². The van der Waals surface area contributed by atoms with E-state index in [-0.39, 0.29) is 18.1 Å². The summed E-state index contributed by atoms with van der Waals surface area (Å²) in [6.07, 6.45) is 1.21. The van der Waals surface area contributed by atoms with Crippen molar-refractivity contribution in [2.45, 2.75) is 26.7 Å². The molecule has 0 bridgehead atoms. The number of hydrogen-bond acceptors (Lipinski definition) is 5. The minimum absolute atomic E-state index is 0.142. The van der Waals surface area contributed by atoms with Crippen LogP contribution in [0.15, 0.2) is 18.2 Å². The molecule has 0 saturated carbocycles. The molecule has 0 atom stereocenters. The maximum Gasteiger partial charge on any atom is 0.317 e. The van der Waals surface area contributed by atoms with Crippen LogP contribution in [-0.4, -0.2) is 35.1 Å². The number of carboxylic acids is 1. The molecule has 0 aliphatic heterocycles. The SMILES string of the molecule is CCOc1cc(CCC(C)=O)ccc1O.NCC(=O)O. The Hall–Kier alpha value is -2.08. The van der Waals surface area contributed by atoms with Gasteiger partial charge in [0.2, 0.25) is 0 Å². The van der Waals surface area contributed by atoms with Crippen LogP contribution in [0.25, 0.3) is 0 Å². The van der Waals surface area contributed by atoms with Gasteiger partial charge in [0, 0.05) is 6.42 Å². The molecule has 0 aromatic heterocycles. The fourth-order valence-corrected chi connectivity index (χ4v) is 1.31. The van der Waals surface area contributed by atoms with Crippen LogP contribution in [0.2, 0.25) is 0 Å². The van der Waals surface area contributed by atoms with Gasteiger partial charge in [-0.1, -0.05) is 6.07 Å². The third-order valence-corrected chi connectivity index (χ3v) is 2.26. The van der Waals surface area contributed by atoms with Crippen LogP contribution in [-0.2, 0) is 16.0 Å². The topological polar surface area (TPSA) is 110 Å². The number of hydrogen-bond donors (Lipinski definition) is 3. The fraction of sp³-hybridized carbons (Fsp3) is 0.429. The summed E-state index contributed by atoms with van der Waals surface area (Å²) in [7, 11) is 0. The second-order valence-electron chi connectivity index (χ2n) is 4.03. The second-order valence-corrected chi connectivity index (χ2v) is 4.03. The quantitative estimate of drug-likeness (QED) is 0.726. The first-order valence-corrected chi connectivity index (χ1v) is 6.26. The summed E-state index contributed by atoms with van der Waals surface area (Å²) >= 11 is 0. The number of carboxylic acid groups (broad SMARTS) is 1. The average Bonchev–Trinajstić information content (AvgIpc) is 2.40. The number of aryl methyl sites for hydroxylation is 1. The normalized spacial score (nSPS) is 9.35. The van der Waals surface area contributed by atoms with Gasteiger partial charge >= 0.3 is 5.97 Å². The summed E-state index contributed by atoms with van der Waals surface area (Å²) in [5, 5.41) is 17.0. The maximum atomic E-state index is 10.8. The van der Waals surface area contributed by atoms with E-state index in [1.807, 2.05) is 6.92 Å². The van der Waals surface area contributed by atoms with Crippen LogP contribution in [0.1, 0.15) is 25.8 Å². The van der Waals surface area contributed by atoms with Gasteiger partial charge in [-0.25, -0.2) is 0 Å². The fourth-order valence-electron chi connectivity index (χ4n) is 1.31. The van der Waals surface area contributed by atoms with Crippen molar-refractivity contribution < 1.29 is 24.5 Å². The zero-order valence-electron chi connectivity index (χ0n) is 11.8. The summed E-state index contributed by atoms with van der Waals surface area (Å²) in [5.41, 5.74) is 5.58. The van der Waals surface area contributed by atoms with Crippen molar-refractivity contribution in [3.8, 4) is 11.5 Å². The Morgan fingerprint density at radius 3 is 2.40 bits per heavy atom. The Balaban J connectivity index is 0.000000621. The van der Waals surface area contributed by atoms with E-state index in [1.54, 1.807) is 25.1 Å². The number of carbonyl (C=O) groups is 2. The molecule has 0 fully saturated rings. The molecule has 112 valence electrons. The molecule has 4 N–H and O–H groups in total. The number of phenolic OH excluding ortho intramolecular Hbond substituents is 1. The molecule has 20 heavy (non-hydrogen) atoms. The van der Waals surface area contributed by atoms with Gasteiger partial charge in [-0.3, -0.25) is 4.79 Å². The second kappa shape index (κ2) is 9.80. The zero-order valence-corrected chi connectivity index (χ0v) is 11.8. The van der Waals surface area contributed by atoms with Gasteiger partial charge < -0.3 is 25.5 Å². The van der Waals surface area contributed by atoms with Gasteiger partial charge in [0.05, 0.1) is 13.2 Å². The molecular weight excluding hydrogens is 262 g/mol. The van der Waals surface area contributed by atoms with E-state index < -0.39 is 5.97 Å². The predicted molar refractivity (Wildman–Crippen MR) is 75.0 cm³/mol. The number of rotatable bonds is 6. The van der Waals surface area contributed by atoms with Crippen LogP contribution >= 0.6 is 0 Å². The Morgan fingerprint density at radius 1 is 1.35 bits per heavy atom. The standard InChI is InChI=1S/C12H16O3.C2H5NO2/c1-3-15-12-8-10(5-4-9(2)13)6-7-11(12)14;3-1-2(4)5/h6-8,14H,3-5H2,1-2H3;1,3H2,(H,4,5). The highest BCUT2D eigenvalue weighted by molar-refractivity contribution is 5.75. The van der Waals surface area contributed by atoms with Crippen molar-refractivity contribution >= 4 is 11.8 Å². The van der Waals surface area contributed by atoms with Crippen molar-refractivity contribution in [3.05, 3.63) is 23.8 Å². The smallest absolute Gasteiger partial charge is 0.317 e. The van der Waals surface area contributed by atoms with Gasteiger partial charge in [-0.05, 0) is 38.0 Å². The number of Topliss-reactive ketones (excluding diaryl/α,β-unsaturated/α-hetero) is 1. The monoisotopic (exact) mass is 283 g/mol. The first kappa shape index (κ1) is 17.9. The van der Waals surface area contributed by atoms with Gasteiger partial charge in [0.1, 0.15) is 5.78 Å². The van der Waals surface area contributed by atoms with E-state index in [0.29, 0.717) is 25.2 Å². The van der Waals surface area contributed by atoms with Gasteiger partial charge in [0.15, 0.2) is 11.5 Å². The molecule has 1 aromatic rings. The molecule has 0 amide bonds. The van der Waals surface area contributed by atoms with Gasteiger partial charge in [-0.2, -0.15) is 0 Å². The van der Waals surface area contributed by atoms with E-state index in [1.165, 1.54) is 0 Å². The molecular formula is C14H21NO5. The van der Waals surface area contributed by atoms with E-state index in [0.717, 1.165) is 5.56 Å². The zero-order chi connectivity index (χ0) is 15.5. The number of phenols is 1. The summed E-state index contributed by atoms with van der Waals surface area (Å²) in [6, 6.07) is 5.18. The predicted octanol–water partition coefficient (Wildman–Crippen LogP) is 1.34. The van der Waals surface area contributed by atoms with Crippen LogP contribution in [0.3, 0.4) is 0 Å². The number of aromatic hydroxyl groups is 1. The molecule has 0 saturated heterocycles. The third-order valence-electron chi connectivity index (χ3n) is 2.26. The van der Waals surface area contributed by atoms with Gasteiger partial charge in [-0.15, -0.1) is 0 Å². The van der Waals surface area contributed by atoms with E-state index >= 15 is 0 Å². The molecule has 1 rings (SSSR count). The molecule has 0 spiro atoms. The summed E-state index contributed by atoms with van der Waals surface area (Å²) in [5.74, 6) is -0.173. The molecule has 0 aliphatic carbocycles. The lowest BCUT2D eigenvalue weighted by atomic mass is 10.1. The molecule has 0 aliphatic rings. The number of ether oxygens (including phenoxy) is 1. The Labute approximate surface area is 118 Å². The molecule has 0 heterocycles. The Kier molecular flexibility index (Phi) is 8.78. The Morgan fingerprint density at radius 2 is 1.95 bits per heavy atom. The maximum absolute atomic E-state index is 10.8. The van der Waals surface area contributed by atoms with E-state index in [9.17, 15) is 14.7 Å². The summed E-state index contributed by atoms with van der Waals surface area (Å²) in [4.78, 5) is 20.1. The summed E-state index contributed by atoms with van der Waals surface area (Å²) in [6.45, 7) is 3.68. The molecule has 0 radical (unpaired) electrons. The lowest BCUT2D eigenvalue weighted by molar-refractivity contribution is -0.135. The van der Waals surface area contributed by atoms with Gasteiger partial charge in [0.25, 0.3) is 0 Å². The highest BCUT2D eigenvalue weighted by atomic mass is 16.5. The van der Waals surface area contributed by atoms with Crippen LogP contribution in [0.5, 0.6) is 11.5 Å².